The summed E-state index contributed by atoms with van der Waals surface area (Å²) in [5.74, 6) is -0.0543. The van der Waals surface area contributed by atoms with E-state index in [0.717, 1.165) is 57.8 Å². The molecule has 0 heterocycles. The molecule has 3 N–H and O–H groups in total. The van der Waals surface area contributed by atoms with Crippen molar-refractivity contribution in [3.8, 4) is 0 Å². The second-order valence-electron chi connectivity index (χ2n) is 20.0. The van der Waals surface area contributed by atoms with Gasteiger partial charge in [0.2, 0.25) is 5.91 Å². The SMILES string of the molecule is CCCCCC/C=C\C/C=C\CCCCCCCC(=O)OCCCCCCCCCCCCCCCCCC(=O)NC(CO)C(O)CCCCCCCCCCCCCCCCCCC. The fraction of sp³-hybridized carbons (Fsp3) is 0.898. The van der Waals surface area contributed by atoms with Gasteiger partial charge in [-0.05, 0) is 57.8 Å². The van der Waals surface area contributed by atoms with Crippen LogP contribution in [0.3, 0.4) is 0 Å². The number of hydrogen-bond donors (Lipinski definition) is 3. The third kappa shape index (κ3) is 51.6. The lowest BCUT2D eigenvalue weighted by Gasteiger charge is -2.22. The van der Waals surface area contributed by atoms with Crippen molar-refractivity contribution in [1.82, 2.24) is 5.32 Å². The number of carbonyl (C=O) groups is 2. The quantitative estimate of drug-likeness (QED) is 0.0321. The maximum atomic E-state index is 12.5. The molecular formula is C59H113NO5. The van der Waals surface area contributed by atoms with Crippen LogP contribution in [-0.4, -0.2) is 47.4 Å². The number of allylic oxidation sites excluding steroid dienone is 4. The van der Waals surface area contributed by atoms with E-state index < -0.39 is 12.1 Å². The monoisotopic (exact) mass is 916 g/mol. The summed E-state index contributed by atoms with van der Waals surface area (Å²) in [5.41, 5.74) is 0. The molecule has 2 unspecified atom stereocenters. The number of nitrogens with one attached hydrogen (secondary N) is 1. The molecule has 0 aliphatic heterocycles. The van der Waals surface area contributed by atoms with Crippen LogP contribution in [0.4, 0.5) is 0 Å². The van der Waals surface area contributed by atoms with Crippen LogP contribution < -0.4 is 5.32 Å². The predicted molar refractivity (Wildman–Crippen MR) is 283 cm³/mol. The molecule has 0 saturated heterocycles. The van der Waals surface area contributed by atoms with Crippen molar-refractivity contribution in [2.75, 3.05) is 13.2 Å². The number of carbonyl (C=O) groups excluding carboxylic acids is 2. The standard InChI is InChI=1S/C59H113NO5/c1-3-5-7-9-11-13-15-17-19-21-23-27-31-35-39-43-47-51-57(62)56(55-61)60-58(63)52-48-44-40-36-32-28-24-22-26-30-34-38-42-46-50-54-65-59(64)53-49-45-41-37-33-29-25-20-18-16-14-12-10-8-6-4-2/h14,16,20,25,56-57,61-62H,3-13,15,17-19,21-24,26-55H2,1-2H3,(H,60,63)/b16-14-,25-20-. The zero-order valence-corrected chi connectivity index (χ0v) is 43.7. The van der Waals surface area contributed by atoms with Crippen molar-refractivity contribution in [1.29, 1.82) is 0 Å². The fourth-order valence-electron chi connectivity index (χ4n) is 9.02. The Morgan fingerprint density at radius 3 is 1.18 bits per heavy atom. The number of ether oxygens (including phenoxy) is 1. The molecule has 0 aliphatic carbocycles. The van der Waals surface area contributed by atoms with E-state index >= 15 is 0 Å². The number of amides is 1. The molecule has 0 aromatic rings. The molecule has 0 radical (unpaired) electrons. The van der Waals surface area contributed by atoms with Crippen LogP contribution in [0.2, 0.25) is 0 Å². The number of aliphatic hydroxyl groups excluding tert-OH is 2. The Kier molecular flexibility index (Phi) is 53.5. The molecule has 1 amide bonds. The minimum Gasteiger partial charge on any atom is -0.466 e. The Balaban J connectivity index is 3.44. The average molecular weight is 917 g/mol. The lowest BCUT2D eigenvalue weighted by molar-refractivity contribution is -0.143. The summed E-state index contributed by atoms with van der Waals surface area (Å²) in [6.45, 7) is 4.93. The highest BCUT2D eigenvalue weighted by Crippen LogP contribution is 2.17. The highest BCUT2D eigenvalue weighted by molar-refractivity contribution is 5.76. The topological polar surface area (TPSA) is 95.9 Å². The third-order valence-electron chi connectivity index (χ3n) is 13.5. The molecule has 0 bridgehead atoms. The molecule has 0 saturated carbocycles. The van der Waals surface area contributed by atoms with Crippen molar-refractivity contribution >= 4 is 11.9 Å². The highest BCUT2D eigenvalue weighted by Gasteiger charge is 2.20. The van der Waals surface area contributed by atoms with Gasteiger partial charge in [-0.3, -0.25) is 9.59 Å². The predicted octanol–water partition coefficient (Wildman–Crippen LogP) is 17.9. The average Bonchev–Trinajstić information content (AvgIpc) is 3.31. The van der Waals surface area contributed by atoms with Gasteiger partial charge in [-0.15, -0.1) is 0 Å². The number of aliphatic hydroxyl groups is 2. The van der Waals surface area contributed by atoms with Crippen LogP contribution in [0.15, 0.2) is 24.3 Å². The van der Waals surface area contributed by atoms with E-state index in [1.807, 2.05) is 0 Å². The minimum atomic E-state index is -0.671. The molecule has 6 nitrogen and oxygen atoms in total. The van der Waals surface area contributed by atoms with E-state index in [-0.39, 0.29) is 18.5 Å². The molecular weight excluding hydrogens is 803 g/mol. The summed E-state index contributed by atoms with van der Waals surface area (Å²) >= 11 is 0. The van der Waals surface area contributed by atoms with Crippen LogP contribution in [0.1, 0.15) is 316 Å². The smallest absolute Gasteiger partial charge is 0.305 e. The van der Waals surface area contributed by atoms with Crippen LogP contribution in [0.5, 0.6) is 0 Å². The van der Waals surface area contributed by atoms with Gasteiger partial charge in [0.15, 0.2) is 0 Å². The molecule has 0 aromatic heterocycles. The first-order valence-corrected chi connectivity index (χ1v) is 29.1. The van der Waals surface area contributed by atoms with Crippen LogP contribution in [0.25, 0.3) is 0 Å². The number of esters is 1. The van der Waals surface area contributed by atoms with Gasteiger partial charge in [0.25, 0.3) is 0 Å². The minimum absolute atomic E-state index is 0.0123. The molecule has 0 aliphatic rings. The van der Waals surface area contributed by atoms with Gasteiger partial charge < -0.3 is 20.3 Å². The molecule has 6 heteroatoms. The maximum absolute atomic E-state index is 12.5. The second-order valence-corrected chi connectivity index (χ2v) is 20.0. The van der Waals surface area contributed by atoms with Gasteiger partial charge in [-0.25, -0.2) is 0 Å². The molecule has 2 atom stereocenters. The van der Waals surface area contributed by atoms with Crippen molar-refractivity contribution in [2.45, 2.75) is 328 Å². The van der Waals surface area contributed by atoms with E-state index in [0.29, 0.717) is 25.9 Å². The summed E-state index contributed by atoms with van der Waals surface area (Å²) in [6, 6.07) is -0.549. The van der Waals surface area contributed by atoms with E-state index in [4.69, 9.17) is 4.74 Å². The van der Waals surface area contributed by atoms with Crippen molar-refractivity contribution in [2.24, 2.45) is 0 Å². The Morgan fingerprint density at radius 2 is 0.769 bits per heavy atom. The molecule has 0 fully saturated rings. The summed E-state index contributed by atoms with van der Waals surface area (Å²) < 4.78 is 5.47. The molecule has 0 aromatic carbocycles. The van der Waals surface area contributed by atoms with E-state index in [9.17, 15) is 19.8 Å². The van der Waals surface area contributed by atoms with Crippen LogP contribution in [0, 0.1) is 0 Å². The van der Waals surface area contributed by atoms with Crippen molar-refractivity contribution < 1.29 is 24.5 Å². The molecule has 65 heavy (non-hydrogen) atoms. The van der Waals surface area contributed by atoms with E-state index in [1.165, 1.54) is 225 Å². The van der Waals surface area contributed by atoms with Gasteiger partial charge in [-0.1, -0.05) is 269 Å². The molecule has 384 valence electrons. The van der Waals surface area contributed by atoms with E-state index in [2.05, 4.69) is 43.5 Å². The first-order chi connectivity index (χ1) is 32.0. The largest absolute Gasteiger partial charge is 0.466 e. The van der Waals surface area contributed by atoms with Gasteiger partial charge in [0.1, 0.15) is 0 Å². The first-order valence-electron chi connectivity index (χ1n) is 29.1. The fourth-order valence-corrected chi connectivity index (χ4v) is 9.02. The van der Waals surface area contributed by atoms with Crippen molar-refractivity contribution in [3.05, 3.63) is 24.3 Å². The highest BCUT2D eigenvalue weighted by atomic mass is 16.5. The lowest BCUT2D eigenvalue weighted by Crippen LogP contribution is -2.45. The number of rotatable bonds is 54. The van der Waals surface area contributed by atoms with Gasteiger partial charge >= 0.3 is 5.97 Å². The second kappa shape index (κ2) is 54.9. The summed E-state index contributed by atoms with van der Waals surface area (Å²) in [6.07, 6.45) is 65.9. The van der Waals surface area contributed by atoms with Gasteiger partial charge in [0, 0.05) is 12.8 Å². The Morgan fingerprint density at radius 1 is 0.431 bits per heavy atom. The molecule has 0 rings (SSSR count). The number of unbranched alkanes of at least 4 members (excludes halogenated alkanes) is 39. The van der Waals surface area contributed by atoms with E-state index in [1.54, 1.807) is 0 Å². The van der Waals surface area contributed by atoms with Crippen molar-refractivity contribution in [3.63, 3.8) is 0 Å². The number of hydrogen-bond acceptors (Lipinski definition) is 5. The molecule has 0 spiro atoms. The Bertz CT molecular complexity index is 1010. The van der Waals surface area contributed by atoms with Crippen LogP contribution in [-0.2, 0) is 14.3 Å². The van der Waals surface area contributed by atoms with Gasteiger partial charge in [-0.2, -0.15) is 0 Å². The summed E-state index contributed by atoms with van der Waals surface area (Å²) in [5, 5.41) is 23.3. The Hall–Kier alpha value is -1.66. The lowest BCUT2D eigenvalue weighted by atomic mass is 10.0. The summed E-state index contributed by atoms with van der Waals surface area (Å²) in [4.78, 5) is 24.5. The Labute approximate surface area is 405 Å². The maximum Gasteiger partial charge on any atom is 0.305 e. The van der Waals surface area contributed by atoms with Crippen LogP contribution >= 0.6 is 0 Å². The third-order valence-corrected chi connectivity index (χ3v) is 13.5. The summed E-state index contributed by atoms with van der Waals surface area (Å²) in [7, 11) is 0. The van der Waals surface area contributed by atoms with Gasteiger partial charge in [0.05, 0.1) is 25.4 Å². The normalized spacial score (nSPS) is 12.7. The zero-order valence-electron chi connectivity index (χ0n) is 43.7. The first kappa shape index (κ1) is 63.3. The zero-order chi connectivity index (χ0) is 47.2.